The lowest BCUT2D eigenvalue weighted by Crippen LogP contribution is -2.60. The minimum Gasteiger partial charge on any atom is -0.508 e. The Morgan fingerprint density at radius 3 is 1.63 bits per heavy atom. The van der Waals surface area contributed by atoms with E-state index in [-0.39, 0.29) is 61.6 Å². The van der Waals surface area contributed by atoms with Gasteiger partial charge in [-0.05, 0) is 73.5 Å². The van der Waals surface area contributed by atoms with Gasteiger partial charge in [-0.1, -0.05) is 67.5 Å². The van der Waals surface area contributed by atoms with Gasteiger partial charge in [0.1, 0.15) is 42.0 Å². The van der Waals surface area contributed by atoms with Gasteiger partial charge in [-0.3, -0.25) is 33.6 Å². The van der Waals surface area contributed by atoms with Crippen LogP contribution in [0.5, 0.6) is 5.75 Å². The molecule has 2 heterocycles. The first-order chi connectivity index (χ1) is 25.4. The lowest BCUT2D eigenvalue weighted by molar-refractivity contribution is -0.142. The highest BCUT2D eigenvalue weighted by Gasteiger charge is 2.40. The zero-order valence-electron chi connectivity index (χ0n) is 33.0. The van der Waals surface area contributed by atoms with Crippen LogP contribution in [-0.2, 0) is 40.0 Å². The van der Waals surface area contributed by atoms with Crippen molar-refractivity contribution in [3.8, 4) is 5.75 Å². The average molecular weight is 756 g/mol. The number of fused-ring (bicyclic) bond motifs is 1. The maximum absolute atomic E-state index is 14.4. The Labute approximate surface area is 318 Å². The molecule has 0 bridgehead atoms. The summed E-state index contributed by atoms with van der Waals surface area (Å²) in [5, 5.41) is 26.4. The van der Waals surface area contributed by atoms with Crippen molar-refractivity contribution in [2.45, 2.75) is 130 Å². The number of hydrogen-bond donors (Lipinski definition) is 7. The highest BCUT2D eigenvalue weighted by atomic mass is 16.3. The van der Waals surface area contributed by atoms with E-state index in [0.29, 0.717) is 18.4 Å². The molecular formula is C39H61N7O8. The predicted octanol–water partition coefficient (Wildman–Crippen LogP) is 1.27. The second-order valence-corrected chi connectivity index (χ2v) is 16.2. The smallest absolute Gasteiger partial charge is 0.246 e. The van der Waals surface area contributed by atoms with Crippen molar-refractivity contribution in [3.63, 3.8) is 0 Å². The first kappa shape index (κ1) is 43.7. The summed E-state index contributed by atoms with van der Waals surface area (Å²) in [5.41, 5.74) is 0.637. The van der Waals surface area contributed by atoms with Gasteiger partial charge in [-0.25, -0.2) is 0 Å². The van der Waals surface area contributed by atoms with Crippen LogP contribution in [0.2, 0.25) is 0 Å². The van der Waals surface area contributed by atoms with Gasteiger partial charge < -0.3 is 41.9 Å². The molecule has 2 aliphatic heterocycles. The zero-order chi connectivity index (χ0) is 40.3. The summed E-state index contributed by atoms with van der Waals surface area (Å²) in [5.74, 6) is -4.57. The number of nitrogens with zero attached hydrogens (tertiary/aromatic N) is 1. The SMILES string of the molecule is CC(C)CC1NC(=O)C(CC(C)C)NC(=O)C(C(C)C)NC(=O)CNC(=O)C(CC(C)C)NC(=O)C2CCCN2C(=O)C(Cc2ccc(O)cc2)NC1=O. The van der Waals surface area contributed by atoms with E-state index in [2.05, 4.69) is 31.9 Å². The number of rotatable bonds is 9. The Balaban J connectivity index is 2.09. The van der Waals surface area contributed by atoms with E-state index in [1.807, 2.05) is 41.5 Å². The Hall–Kier alpha value is -4.69. The van der Waals surface area contributed by atoms with Crippen LogP contribution in [0.4, 0.5) is 0 Å². The second kappa shape index (κ2) is 20.1. The lowest BCUT2D eigenvalue weighted by atomic mass is 9.98. The van der Waals surface area contributed by atoms with Crippen LogP contribution in [0, 0.1) is 23.7 Å². The Bertz CT molecular complexity index is 1500. The molecule has 6 atom stereocenters. The molecule has 6 unspecified atom stereocenters. The number of phenolic OH excluding ortho intramolecular Hbond substituents is 1. The number of aromatic hydroxyl groups is 1. The molecule has 7 N–H and O–H groups in total. The molecule has 2 aliphatic rings. The van der Waals surface area contributed by atoms with Crippen LogP contribution in [0.1, 0.15) is 93.1 Å². The van der Waals surface area contributed by atoms with Crippen molar-refractivity contribution in [2.75, 3.05) is 13.1 Å². The van der Waals surface area contributed by atoms with Gasteiger partial charge in [0.25, 0.3) is 0 Å². The van der Waals surface area contributed by atoms with Crippen molar-refractivity contribution in [1.29, 1.82) is 0 Å². The van der Waals surface area contributed by atoms with Gasteiger partial charge in [0.05, 0.1) is 6.54 Å². The fourth-order valence-corrected chi connectivity index (χ4v) is 6.80. The number of carbonyl (C=O) groups is 7. The maximum atomic E-state index is 14.4. The van der Waals surface area contributed by atoms with Crippen LogP contribution < -0.4 is 31.9 Å². The van der Waals surface area contributed by atoms with Gasteiger partial charge in [0.2, 0.25) is 41.4 Å². The molecule has 15 heteroatoms. The Morgan fingerprint density at radius 1 is 0.630 bits per heavy atom. The van der Waals surface area contributed by atoms with Crippen molar-refractivity contribution < 1.29 is 38.7 Å². The van der Waals surface area contributed by atoms with E-state index < -0.39 is 84.1 Å². The molecule has 1 aromatic rings. The molecule has 0 spiro atoms. The number of carbonyl (C=O) groups excluding carboxylic acids is 7. The lowest BCUT2D eigenvalue weighted by Gasteiger charge is -2.31. The summed E-state index contributed by atoms with van der Waals surface area (Å²) in [6.45, 7) is 14.6. The number of phenols is 1. The van der Waals surface area contributed by atoms with E-state index in [1.165, 1.54) is 17.0 Å². The summed E-state index contributed by atoms with van der Waals surface area (Å²) < 4.78 is 0. The van der Waals surface area contributed by atoms with Crippen LogP contribution in [0.3, 0.4) is 0 Å². The van der Waals surface area contributed by atoms with E-state index in [4.69, 9.17) is 0 Å². The van der Waals surface area contributed by atoms with E-state index >= 15 is 0 Å². The molecule has 2 saturated heterocycles. The molecule has 0 aliphatic carbocycles. The van der Waals surface area contributed by atoms with Gasteiger partial charge in [-0.15, -0.1) is 0 Å². The van der Waals surface area contributed by atoms with Crippen molar-refractivity contribution in [2.24, 2.45) is 23.7 Å². The monoisotopic (exact) mass is 755 g/mol. The van der Waals surface area contributed by atoms with Gasteiger partial charge in [-0.2, -0.15) is 0 Å². The summed E-state index contributed by atoms with van der Waals surface area (Å²) in [6.07, 6.45) is 1.58. The van der Waals surface area contributed by atoms with Crippen molar-refractivity contribution >= 4 is 41.4 Å². The van der Waals surface area contributed by atoms with E-state index in [0.717, 1.165) is 0 Å². The third kappa shape index (κ3) is 13.0. The van der Waals surface area contributed by atoms with Crippen LogP contribution in [0.25, 0.3) is 0 Å². The number of hydrogen-bond acceptors (Lipinski definition) is 8. The molecule has 0 aromatic heterocycles. The summed E-state index contributed by atoms with van der Waals surface area (Å²) in [7, 11) is 0. The van der Waals surface area contributed by atoms with Gasteiger partial charge in [0.15, 0.2) is 0 Å². The third-order valence-corrected chi connectivity index (χ3v) is 9.54. The average Bonchev–Trinajstić information content (AvgIpc) is 3.58. The third-order valence-electron chi connectivity index (χ3n) is 9.54. The zero-order valence-corrected chi connectivity index (χ0v) is 33.0. The standard InChI is InChI=1S/C39H61N7O8/c1-21(2)16-27-34(49)40-20-32(48)45-33(24(7)8)38(53)43-29(18-23(5)6)35(50)41-28(17-22(3)4)36(51)44-30(19-25-11-13-26(47)14-12-25)39(54)46-15-9-10-31(46)37(52)42-27/h11-14,21-24,27-31,33,47H,9-10,15-20H2,1-8H3,(H,40,49)(H,41,50)(H,42,52)(H,43,53)(H,44,51)(H,45,48). The molecule has 1 aromatic carbocycles. The first-order valence-corrected chi connectivity index (χ1v) is 19.2. The Morgan fingerprint density at radius 2 is 1.11 bits per heavy atom. The predicted molar refractivity (Wildman–Crippen MR) is 202 cm³/mol. The normalized spacial score (nSPS) is 25.8. The highest BCUT2D eigenvalue weighted by Crippen LogP contribution is 2.22. The molecule has 7 amide bonds. The Kier molecular flexibility index (Phi) is 16.3. The minimum absolute atomic E-state index is 0.0153. The molecule has 0 radical (unpaired) electrons. The molecule has 0 saturated carbocycles. The van der Waals surface area contributed by atoms with Crippen molar-refractivity contribution in [3.05, 3.63) is 29.8 Å². The summed E-state index contributed by atoms with van der Waals surface area (Å²) in [6, 6.07) is -0.0707. The molecule has 15 nitrogen and oxygen atoms in total. The molecule has 2 fully saturated rings. The molecule has 54 heavy (non-hydrogen) atoms. The minimum atomic E-state index is -1.15. The van der Waals surface area contributed by atoms with Gasteiger partial charge in [0, 0.05) is 13.0 Å². The number of benzene rings is 1. The van der Waals surface area contributed by atoms with Crippen LogP contribution in [0.15, 0.2) is 24.3 Å². The summed E-state index contributed by atoms with van der Waals surface area (Å²) in [4.78, 5) is 97.8. The molecule has 3 rings (SSSR count). The van der Waals surface area contributed by atoms with Gasteiger partial charge >= 0.3 is 0 Å². The summed E-state index contributed by atoms with van der Waals surface area (Å²) >= 11 is 0. The quantitative estimate of drug-likeness (QED) is 0.195. The van der Waals surface area contributed by atoms with Crippen molar-refractivity contribution in [1.82, 2.24) is 36.8 Å². The van der Waals surface area contributed by atoms with E-state index in [9.17, 15) is 38.7 Å². The highest BCUT2D eigenvalue weighted by molar-refractivity contribution is 5.98. The molecule has 300 valence electrons. The van der Waals surface area contributed by atoms with Crippen LogP contribution in [-0.4, -0.2) is 101 Å². The topological polar surface area (TPSA) is 215 Å². The first-order valence-electron chi connectivity index (χ1n) is 19.2. The fourth-order valence-electron chi connectivity index (χ4n) is 6.80. The van der Waals surface area contributed by atoms with E-state index in [1.54, 1.807) is 26.0 Å². The van der Waals surface area contributed by atoms with Crippen LogP contribution >= 0.6 is 0 Å². The second-order valence-electron chi connectivity index (χ2n) is 16.2. The number of amides is 7. The number of nitrogens with one attached hydrogen (secondary N) is 6. The maximum Gasteiger partial charge on any atom is 0.246 e. The fraction of sp³-hybridized carbons (Fsp3) is 0.667. The largest absolute Gasteiger partial charge is 0.508 e. The molecular weight excluding hydrogens is 694 g/mol.